The molecule has 0 radical (unpaired) electrons. The van der Waals surface area contributed by atoms with Crippen LogP contribution in [0.3, 0.4) is 0 Å². The highest BCUT2D eigenvalue weighted by atomic mass is 16.7. The molecule has 3 N–H and O–H groups in total. The van der Waals surface area contributed by atoms with Gasteiger partial charge in [0.05, 0.1) is 24.6 Å². The Labute approximate surface area is 111 Å². The summed E-state index contributed by atoms with van der Waals surface area (Å²) in [6, 6.07) is 2.88. The van der Waals surface area contributed by atoms with Gasteiger partial charge in [-0.05, 0) is 20.8 Å². The lowest BCUT2D eigenvalue weighted by Gasteiger charge is -2.19. The van der Waals surface area contributed by atoms with Crippen molar-refractivity contribution in [3.63, 3.8) is 0 Å². The van der Waals surface area contributed by atoms with E-state index in [0.29, 0.717) is 11.4 Å². The summed E-state index contributed by atoms with van der Waals surface area (Å²) in [6.45, 7) is 4.60. The lowest BCUT2D eigenvalue weighted by molar-refractivity contribution is 0.0286. The molecule has 0 aliphatic carbocycles. The molecule has 0 saturated carbocycles. The second-order valence-electron chi connectivity index (χ2n) is 4.81. The third kappa shape index (κ3) is 5.54. The van der Waals surface area contributed by atoms with Crippen LogP contribution in [0.25, 0.3) is 0 Å². The maximum absolute atomic E-state index is 11.4. The van der Waals surface area contributed by atoms with E-state index >= 15 is 0 Å². The average Bonchev–Trinajstić information content (AvgIpc) is 2.33. The average molecular weight is 270 g/mol. The van der Waals surface area contributed by atoms with Gasteiger partial charge in [0.25, 0.3) is 0 Å². The standard InChI is InChI=1S/C12H18N2O5/c1-12(2,3)18-11(17)14-19-10-4-8(6-15)13-9(5-10)7-16/h4-5,15-16H,6-7H2,1-3H3,(H,14,17). The summed E-state index contributed by atoms with van der Waals surface area (Å²) in [5, 5.41) is 18.0. The zero-order chi connectivity index (χ0) is 14.5. The first-order chi connectivity index (χ1) is 8.84. The molecule has 1 aromatic heterocycles. The Balaban J connectivity index is 2.64. The Morgan fingerprint density at radius 3 is 2.21 bits per heavy atom. The van der Waals surface area contributed by atoms with E-state index in [4.69, 9.17) is 19.8 Å². The second kappa shape index (κ2) is 6.35. The largest absolute Gasteiger partial charge is 0.442 e. The van der Waals surface area contributed by atoms with Crippen molar-refractivity contribution in [1.29, 1.82) is 0 Å². The third-order valence-corrected chi connectivity index (χ3v) is 1.88. The number of aliphatic hydroxyl groups excluding tert-OH is 2. The number of nitrogens with one attached hydrogen (secondary N) is 1. The fourth-order valence-corrected chi connectivity index (χ4v) is 1.24. The predicted molar refractivity (Wildman–Crippen MR) is 66.1 cm³/mol. The second-order valence-corrected chi connectivity index (χ2v) is 4.81. The Hall–Kier alpha value is -1.86. The Morgan fingerprint density at radius 1 is 1.26 bits per heavy atom. The van der Waals surface area contributed by atoms with Gasteiger partial charge in [-0.25, -0.2) is 4.79 Å². The number of carbonyl (C=O) groups excluding carboxylic acids is 1. The monoisotopic (exact) mass is 270 g/mol. The molecule has 0 bridgehead atoms. The van der Waals surface area contributed by atoms with Crippen molar-refractivity contribution in [2.75, 3.05) is 0 Å². The number of aromatic nitrogens is 1. The highest BCUT2D eigenvalue weighted by molar-refractivity contribution is 5.66. The summed E-state index contributed by atoms with van der Waals surface area (Å²) < 4.78 is 4.98. The van der Waals surface area contributed by atoms with Crippen LogP contribution in [0.1, 0.15) is 32.2 Å². The Bertz CT molecular complexity index is 420. The quantitative estimate of drug-likeness (QED) is 0.702. The van der Waals surface area contributed by atoms with Gasteiger partial charge in [0, 0.05) is 12.1 Å². The molecule has 0 fully saturated rings. The number of hydrogen-bond donors (Lipinski definition) is 3. The summed E-state index contributed by atoms with van der Waals surface area (Å²) in [4.78, 5) is 20.3. The molecule has 1 rings (SSSR count). The molecular weight excluding hydrogens is 252 g/mol. The van der Waals surface area contributed by atoms with Gasteiger partial charge in [0.15, 0.2) is 5.75 Å². The van der Waals surface area contributed by atoms with Gasteiger partial charge < -0.3 is 19.8 Å². The number of hydroxylamine groups is 1. The molecule has 7 heteroatoms. The smallest absolute Gasteiger partial charge is 0.441 e. The number of carbonyl (C=O) groups is 1. The first-order valence-corrected chi connectivity index (χ1v) is 5.71. The number of rotatable bonds is 4. The van der Waals surface area contributed by atoms with Crippen molar-refractivity contribution in [2.24, 2.45) is 0 Å². The zero-order valence-corrected chi connectivity index (χ0v) is 11.1. The van der Waals surface area contributed by atoms with Crippen molar-refractivity contribution in [2.45, 2.75) is 39.6 Å². The predicted octanol–water partition coefficient (Wildman–Crippen LogP) is 0.885. The molecule has 106 valence electrons. The fourth-order valence-electron chi connectivity index (χ4n) is 1.24. The van der Waals surface area contributed by atoms with E-state index < -0.39 is 11.7 Å². The highest BCUT2D eigenvalue weighted by Gasteiger charge is 2.16. The van der Waals surface area contributed by atoms with Gasteiger partial charge in [0.2, 0.25) is 0 Å². The van der Waals surface area contributed by atoms with Crippen LogP contribution in [0, 0.1) is 0 Å². The first-order valence-electron chi connectivity index (χ1n) is 5.71. The first kappa shape index (κ1) is 15.2. The van der Waals surface area contributed by atoms with Gasteiger partial charge in [-0.3, -0.25) is 4.98 Å². The molecule has 0 spiro atoms. The summed E-state index contributed by atoms with van der Waals surface area (Å²) in [6.07, 6.45) is -0.736. The molecule has 0 atom stereocenters. The molecule has 0 unspecified atom stereocenters. The van der Waals surface area contributed by atoms with E-state index in [1.807, 2.05) is 0 Å². The Morgan fingerprint density at radius 2 is 1.79 bits per heavy atom. The SMILES string of the molecule is CC(C)(C)OC(=O)NOc1cc(CO)nc(CO)c1. The number of amides is 1. The lowest BCUT2D eigenvalue weighted by Crippen LogP contribution is -2.34. The van der Waals surface area contributed by atoms with Crippen LogP contribution < -0.4 is 10.3 Å². The van der Waals surface area contributed by atoms with Crippen LogP contribution in [0.2, 0.25) is 0 Å². The molecule has 7 nitrogen and oxygen atoms in total. The van der Waals surface area contributed by atoms with E-state index in [1.165, 1.54) is 12.1 Å². The van der Waals surface area contributed by atoms with Crippen LogP contribution in [0.4, 0.5) is 4.79 Å². The van der Waals surface area contributed by atoms with Gasteiger partial charge >= 0.3 is 6.09 Å². The fraction of sp³-hybridized carbons (Fsp3) is 0.500. The number of ether oxygens (including phenoxy) is 1. The van der Waals surface area contributed by atoms with Crippen LogP contribution >= 0.6 is 0 Å². The van der Waals surface area contributed by atoms with Gasteiger partial charge in [-0.2, -0.15) is 5.48 Å². The van der Waals surface area contributed by atoms with Crippen LogP contribution in [-0.2, 0) is 18.0 Å². The molecule has 1 aromatic rings. The van der Waals surface area contributed by atoms with Crippen molar-refractivity contribution >= 4 is 6.09 Å². The summed E-state index contributed by atoms with van der Waals surface area (Å²) in [5.74, 6) is 0.244. The number of aliphatic hydroxyl groups is 2. The lowest BCUT2D eigenvalue weighted by atomic mass is 10.2. The maximum atomic E-state index is 11.4. The van der Waals surface area contributed by atoms with E-state index in [9.17, 15) is 4.79 Å². The van der Waals surface area contributed by atoms with Crippen molar-refractivity contribution < 1.29 is 24.6 Å². The minimum absolute atomic E-state index is 0.244. The number of nitrogens with zero attached hydrogens (tertiary/aromatic N) is 1. The van der Waals surface area contributed by atoms with Gasteiger partial charge in [0.1, 0.15) is 5.60 Å². The third-order valence-electron chi connectivity index (χ3n) is 1.88. The number of pyridine rings is 1. The Kier molecular flexibility index (Phi) is 5.08. The van der Waals surface area contributed by atoms with Crippen LogP contribution in [-0.4, -0.2) is 26.9 Å². The summed E-state index contributed by atoms with van der Waals surface area (Å²) >= 11 is 0. The molecule has 19 heavy (non-hydrogen) atoms. The van der Waals surface area contributed by atoms with Crippen molar-refractivity contribution in [3.05, 3.63) is 23.5 Å². The molecule has 0 saturated heterocycles. The topological polar surface area (TPSA) is 101 Å². The minimum Gasteiger partial charge on any atom is -0.442 e. The highest BCUT2D eigenvalue weighted by Crippen LogP contribution is 2.14. The molecule has 1 heterocycles. The molecular formula is C12H18N2O5. The van der Waals surface area contributed by atoms with Crippen LogP contribution in [0.15, 0.2) is 12.1 Å². The van der Waals surface area contributed by atoms with Crippen molar-refractivity contribution in [1.82, 2.24) is 10.5 Å². The number of hydrogen-bond acceptors (Lipinski definition) is 6. The molecule has 0 aliphatic heterocycles. The van der Waals surface area contributed by atoms with Gasteiger partial charge in [-0.1, -0.05) is 0 Å². The van der Waals surface area contributed by atoms with E-state index in [2.05, 4.69) is 10.5 Å². The minimum atomic E-state index is -0.736. The van der Waals surface area contributed by atoms with E-state index in [0.717, 1.165) is 0 Å². The molecule has 1 amide bonds. The summed E-state index contributed by atoms with van der Waals surface area (Å²) in [5.41, 5.74) is 2.13. The van der Waals surface area contributed by atoms with Crippen LogP contribution in [0.5, 0.6) is 5.75 Å². The normalized spacial score (nSPS) is 11.0. The maximum Gasteiger partial charge on any atom is 0.441 e. The molecule has 0 aliphatic rings. The van der Waals surface area contributed by atoms with Gasteiger partial charge in [-0.15, -0.1) is 0 Å². The molecule has 0 aromatic carbocycles. The van der Waals surface area contributed by atoms with E-state index in [1.54, 1.807) is 20.8 Å². The van der Waals surface area contributed by atoms with E-state index in [-0.39, 0.29) is 19.0 Å². The summed E-state index contributed by atoms with van der Waals surface area (Å²) in [7, 11) is 0. The van der Waals surface area contributed by atoms with Crippen molar-refractivity contribution in [3.8, 4) is 5.75 Å². The zero-order valence-electron chi connectivity index (χ0n) is 11.1.